The van der Waals surface area contributed by atoms with Gasteiger partial charge in [-0.15, -0.1) is 23.1 Å². The van der Waals surface area contributed by atoms with E-state index < -0.39 is 0 Å². The molecule has 0 unspecified atom stereocenters. The molecule has 0 fully saturated rings. The summed E-state index contributed by atoms with van der Waals surface area (Å²) < 4.78 is 10.4. The highest BCUT2D eigenvalue weighted by Gasteiger charge is 2.26. The number of carbonyl (C=O) groups is 3. The fraction of sp³-hybridized carbons (Fsp3) is 0.321. The van der Waals surface area contributed by atoms with Crippen LogP contribution in [0.2, 0.25) is 0 Å². The first-order chi connectivity index (χ1) is 18.0. The standard InChI is InChI=1S/C28H30N2O5S2/c1-3-35-28(33)25-22-10-5-4-6-11-23(22)37-27(25)30-24(31)17-36-21-9-7-8-19(16-21)29-26(32)18-12-14-20(34-2)15-13-18/h7-9,12-16H,3-6,10-11,17H2,1-2H3,(H,29,32)(H,30,31). The number of anilines is 2. The van der Waals surface area contributed by atoms with E-state index in [1.807, 2.05) is 18.2 Å². The molecule has 0 spiro atoms. The number of benzene rings is 2. The molecule has 1 heterocycles. The molecule has 0 saturated heterocycles. The number of carbonyl (C=O) groups excluding carboxylic acids is 3. The summed E-state index contributed by atoms with van der Waals surface area (Å²) in [6.07, 6.45) is 5.02. The van der Waals surface area contributed by atoms with E-state index in [2.05, 4.69) is 10.6 Å². The third kappa shape index (κ3) is 6.93. The van der Waals surface area contributed by atoms with Gasteiger partial charge in [0.25, 0.3) is 5.91 Å². The molecular formula is C28H30N2O5S2. The van der Waals surface area contributed by atoms with Gasteiger partial charge in [0, 0.05) is 21.0 Å². The van der Waals surface area contributed by atoms with E-state index in [9.17, 15) is 14.4 Å². The van der Waals surface area contributed by atoms with Gasteiger partial charge in [-0.05, 0) is 80.6 Å². The van der Waals surface area contributed by atoms with Crippen LogP contribution in [0.4, 0.5) is 10.7 Å². The van der Waals surface area contributed by atoms with Crippen molar-refractivity contribution in [2.24, 2.45) is 0 Å². The Bertz CT molecular complexity index is 1270. The van der Waals surface area contributed by atoms with Crippen LogP contribution in [0.5, 0.6) is 5.75 Å². The Morgan fingerprint density at radius 3 is 2.54 bits per heavy atom. The maximum atomic E-state index is 12.8. The number of hydrogen-bond acceptors (Lipinski definition) is 7. The van der Waals surface area contributed by atoms with Crippen molar-refractivity contribution in [3.8, 4) is 5.75 Å². The van der Waals surface area contributed by atoms with Gasteiger partial charge < -0.3 is 20.1 Å². The van der Waals surface area contributed by atoms with Crippen molar-refractivity contribution in [2.75, 3.05) is 30.1 Å². The zero-order valence-corrected chi connectivity index (χ0v) is 22.6. The average molecular weight is 539 g/mol. The summed E-state index contributed by atoms with van der Waals surface area (Å²) >= 11 is 2.85. The van der Waals surface area contributed by atoms with E-state index in [1.165, 1.54) is 28.0 Å². The summed E-state index contributed by atoms with van der Waals surface area (Å²) in [4.78, 5) is 40.1. The third-order valence-electron chi connectivity index (χ3n) is 5.97. The summed E-state index contributed by atoms with van der Waals surface area (Å²) in [5.41, 5.74) is 2.71. The number of methoxy groups -OCH3 is 1. The number of nitrogens with one attached hydrogen (secondary N) is 2. The second kappa shape index (κ2) is 12.8. The summed E-state index contributed by atoms with van der Waals surface area (Å²) in [6, 6.07) is 14.2. The highest BCUT2D eigenvalue weighted by atomic mass is 32.2. The average Bonchev–Trinajstić information content (AvgIpc) is 3.07. The smallest absolute Gasteiger partial charge is 0.341 e. The first-order valence-electron chi connectivity index (χ1n) is 12.3. The topological polar surface area (TPSA) is 93.7 Å². The largest absolute Gasteiger partial charge is 0.497 e. The van der Waals surface area contributed by atoms with Gasteiger partial charge in [-0.25, -0.2) is 4.79 Å². The number of amides is 2. The SMILES string of the molecule is CCOC(=O)c1c(NC(=O)CSc2cccc(NC(=O)c3ccc(OC)cc3)c2)sc2c1CCCCC2. The van der Waals surface area contributed by atoms with Crippen molar-refractivity contribution in [1.82, 2.24) is 0 Å². The predicted molar refractivity (Wildman–Crippen MR) is 148 cm³/mol. The van der Waals surface area contributed by atoms with E-state index >= 15 is 0 Å². The molecule has 2 N–H and O–H groups in total. The molecule has 0 aliphatic heterocycles. The van der Waals surface area contributed by atoms with Crippen LogP contribution in [0.3, 0.4) is 0 Å². The van der Waals surface area contributed by atoms with Crippen LogP contribution in [-0.2, 0) is 22.4 Å². The first-order valence-corrected chi connectivity index (χ1v) is 14.1. The molecule has 2 aromatic carbocycles. The van der Waals surface area contributed by atoms with Gasteiger partial charge in [0.2, 0.25) is 5.91 Å². The van der Waals surface area contributed by atoms with Crippen molar-refractivity contribution in [3.63, 3.8) is 0 Å². The molecule has 2 amide bonds. The number of aryl methyl sites for hydroxylation is 1. The molecule has 0 bridgehead atoms. The Labute approximate surface area is 224 Å². The highest BCUT2D eigenvalue weighted by Crippen LogP contribution is 2.38. The Morgan fingerprint density at radius 2 is 1.78 bits per heavy atom. The predicted octanol–water partition coefficient (Wildman–Crippen LogP) is 6.19. The molecule has 1 aromatic heterocycles. The lowest BCUT2D eigenvalue weighted by Crippen LogP contribution is -2.17. The molecule has 37 heavy (non-hydrogen) atoms. The van der Waals surface area contributed by atoms with Crippen molar-refractivity contribution < 1.29 is 23.9 Å². The Kier molecular flexibility index (Phi) is 9.24. The molecule has 7 nitrogen and oxygen atoms in total. The van der Waals surface area contributed by atoms with Crippen LogP contribution in [0, 0.1) is 0 Å². The third-order valence-corrected chi connectivity index (χ3v) is 8.17. The van der Waals surface area contributed by atoms with Gasteiger partial charge in [-0.3, -0.25) is 9.59 Å². The second-order valence-corrected chi connectivity index (χ2v) is 10.7. The molecule has 3 aromatic rings. The monoisotopic (exact) mass is 538 g/mol. The first kappa shape index (κ1) is 26.8. The van der Waals surface area contributed by atoms with E-state index in [1.54, 1.807) is 44.4 Å². The summed E-state index contributed by atoms with van der Waals surface area (Å²) in [5, 5.41) is 6.42. The lowest BCUT2D eigenvalue weighted by Gasteiger charge is -2.09. The number of rotatable bonds is 9. The Hall–Kier alpha value is -3.30. The zero-order valence-electron chi connectivity index (χ0n) is 20.9. The van der Waals surface area contributed by atoms with Crippen molar-refractivity contribution in [2.45, 2.75) is 43.9 Å². The summed E-state index contributed by atoms with van der Waals surface area (Å²) in [6.45, 7) is 2.07. The molecule has 0 saturated carbocycles. The summed E-state index contributed by atoms with van der Waals surface area (Å²) in [7, 11) is 1.58. The van der Waals surface area contributed by atoms with E-state index in [-0.39, 0.29) is 30.1 Å². The molecule has 1 aliphatic rings. The molecule has 0 radical (unpaired) electrons. The van der Waals surface area contributed by atoms with E-state index in [0.717, 1.165) is 42.6 Å². The van der Waals surface area contributed by atoms with Crippen LogP contribution in [0.15, 0.2) is 53.4 Å². The van der Waals surface area contributed by atoms with Crippen LogP contribution < -0.4 is 15.4 Å². The minimum atomic E-state index is -0.370. The van der Waals surface area contributed by atoms with Crippen LogP contribution in [0.1, 0.15) is 57.3 Å². The zero-order chi connectivity index (χ0) is 26.2. The van der Waals surface area contributed by atoms with E-state index in [0.29, 0.717) is 27.6 Å². The quantitative estimate of drug-likeness (QED) is 0.192. The summed E-state index contributed by atoms with van der Waals surface area (Å²) in [5.74, 6) is 0.0536. The van der Waals surface area contributed by atoms with Crippen LogP contribution in [0.25, 0.3) is 0 Å². The number of esters is 1. The maximum Gasteiger partial charge on any atom is 0.341 e. The molecule has 1 aliphatic carbocycles. The molecular weight excluding hydrogens is 508 g/mol. The van der Waals surface area contributed by atoms with Crippen LogP contribution in [-0.4, -0.2) is 37.3 Å². The number of fused-ring (bicyclic) bond motifs is 1. The number of ether oxygens (including phenoxy) is 2. The van der Waals surface area contributed by atoms with Crippen molar-refractivity contribution in [1.29, 1.82) is 0 Å². The van der Waals surface area contributed by atoms with E-state index in [4.69, 9.17) is 9.47 Å². The fourth-order valence-electron chi connectivity index (χ4n) is 4.17. The van der Waals surface area contributed by atoms with Gasteiger partial charge in [0.1, 0.15) is 10.8 Å². The minimum absolute atomic E-state index is 0.167. The minimum Gasteiger partial charge on any atom is -0.497 e. The maximum absolute atomic E-state index is 12.8. The number of thioether (sulfide) groups is 1. The van der Waals surface area contributed by atoms with Gasteiger partial charge in [0.05, 0.1) is 25.0 Å². The normalized spacial score (nSPS) is 12.7. The van der Waals surface area contributed by atoms with Gasteiger partial charge in [-0.1, -0.05) is 12.5 Å². The fourth-order valence-corrected chi connectivity index (χ4v) is 6.22. The molecule has 9 heteroatoms. The molecule has 0 atom stereocenters. The van der Waals surface area contributed by atoms with Gasteiger partial charge in [0.15, 0.2) is 0 Å². The Morgan fingerprint density at radius 1 is 1.00 bits per heavy atom. The van der Waals surface area contributed by atoms with Crippen molar-refractivity contribution in [3.05, 3.63) is 70.1 Å². The lowest BCUT2D eigenvalue weighted by molar-refractivity contribution is -0.113. The molecule has 194 valence electrons. The Balaban J connectivity index is 1.39. The van der Waals surface area contributed by atoms with Crippen LogP contribution >= 0.6 is 23.1 Å². The lowest BCUT2D eigenvalue weighted by atomic mass is 10.1. The van der Waals surface area contributed by atoms with Gasteiger partial charge in [-0.2, -0.15) is 0 Å². The molecule has 4 rings (SSSR count). The second-order valence-electron chi connectivity index (χ2n) is 8.54. The highest BCUT2D eigenvalue weighted by molar-refractivity contribution is 8.00. The van der Waals surface area contributed by atoms with Crippen molar-refractivity contribution >= 4 is 51.6 Å². The number of hydrogen-bond donors (Lipinski definition) is 2. The number of thiophene rings is 1. The van der Waals surface area contributed by atoms with Gasteiger partial charge >= 0.3 is 5.97 Å².